The third-order valence-electron chi connectivity index (χ3n) is 7.13. The summed E-state index contributed by atoms with van der Waals surface area (Å²) in [4.78, 5) is 17.9. The number of nitrogens with one attached hydrogen (secondary N) is 3. The monoisotopic (exact) mass is 599 g/mol. The highest BCUT2D eigenvalue weighted by Gasteiger charge is 2.34. The average molecular weight is 601 g/mol. The van der Waals surface area contributed by atoms with Crippen LogP contribution in [-0.4, -0.2) is 47.8 Å². The number of rotatable bonds is 7. The van der Waals surface area contributed by atoms with Crippen LogP contribution < -0.4 is 10.0 Å². The number of nitrogens with zero attached hydrogens (tertiary/aromatic N) is 2. The predicted octanol–water partition coefficient (Wildman–Crippen LogP) is 4.67. The first-order chi connectivity index (χ1) is 18.0. The van der Waals surface area contributed by atoms with E-state index in [1.807, 2.05) is 30.3 Å². The van der Waals surface area contributed by atoms with E-state index in [1.54, 1.807) is 6.20 Å². The van der Waals surface area contributed by atoms with Gasteiger partial charge in [-0.3, -0.25) is 14.9 Å². The Balaban J connectivity index is 1.36. The molecule has 0 bridgehead atoms. The van der Waals surface area contributed by atoms with Gasteiger partial charge in [-0.1, -0.05) is 15.9 Å². The van der Waals surface area contributed by atoms with Gasteiger partial charge in [-0.25, -0.2) is 17.5 Å². The van der Waals surface area contributed by atoms with Crippen LogP contribution in [0.15, 0.2) is 45.9 Å². The van der Waals surface area contributed by atoms with Gasteiger partial charge in [-0.05, 0) is 81.0 Å². The first kappa shape index (κ1) is 25.4. The molecular formula is C27H27BrFN5O3S. The number of halogens is 2. The average Bonchev–Trinajstić information content (AvgIpc) is 3.50. The molecule has 1 atom stereocenters. The summed E-state index contributed by atoms with van der Waals surface area (Å²) in [5.41, 5.74) is 1.67. The lowest BCUT2D eigenvalue weighted by Crippen LogP contribution is -2.36. The number of alkyl halides is 1. The van der Waals surface area contributed by atoms with Crippen molar-refractivity contribution in [3.63, 3.8) is 0 Å². The summed E-state index contributed by atoms with van der Waals surface area (Å²) in [6.07, 6.45) is 4.59. The maximum Gasteiger partial charge on any atom is 0.272 e. The molecule has 0 aliphatic heterocycles. The Morgan fingerprint density at radius 1 is 1.18 bits per heavy atom. The molecule has 2 aliphatic carbocycles. The van der Waals surface area contributed by atoms with E-state index < -0.39 is 15.7 Å². The molecule has 2 aromatic carbocycles. The molecule has 38 heavy (non-hydrogen) atoms. The number of amides is 1. The Hall–Kier alpha value is -2.89. The van der Waals surface area contributed by atoms with Crippen LogP contribution in [0.1, 0.15) is 59.9 Å². The van der Waals surface area contributed by atoms with Gasteiger partial charge in [0.05, 0.1) is 10.4 Å². The third-order valence-corrected chi connectivity index (χ3v) is 9.15. The molecule has 1 fully saturated rings. The van der Waals surface area contributed by atoms with Gasteiger partial charge in [0.1, 0.15) is 5.67 Å². The van der Waals surface area contributed by atoms with Gasteiger partial charge in [0, 0.05) is 51.0 Å². The molecule has 8 nitrogen and oxygen atoms in total. The van der Waals surface area contributed by atoms with Crippen LogP contribution >= 0.6 is 15.9 Å². The standard InChI is InChI=1S/C27H27BrFN5O3S/c1-27(2,29)13-31-38(36,37)25-20-10-18(32-26(35)24-19-6-5-17(28)9-23(19)33-34-24)8-15(20)7-16-12-30-22(11-21(16)25)14-3-4-14/h5-7,9,11-12,14,18,31H,3-4,8,10,13H2,1-2H3,(H,32,35)(H,33,34)/t18-/m1/s1. The highest BCUT2D eigenvalue weighted by atomic mass is 79.9. The molecule has 0 radical (unpaired) electrons. The van der Waals surface area contributed by atoms with E-state index in [4.69, 9.17) is 0 Å². The SMILES string of the molecule is CC(C)(F)CNS(=O)(=O)c1c2c(cc3cnc(C4CC4)cc13)C[C@@H](NC(=O)c1n[nH]c3cc(Br)ccc13)C2. The van der Waals surface area contributed by atoms with Crippen molar-refractivity contribution in [2.75, 3.05) is 6.54 Å². The molecule has 198 valence electrons. The molecule has 2 aliphatic rings. The summed E-state index contributed by atoms with van der Waals surface area (Å²) < 4.78 is 44.9. The third kappa shape index (κ3) is 4.83. The van der Waals surface area contributed by atoms with Gasteiger partial charge in [0.15, 0.2) is 5.69 Å². The lowest BCUT2D eigenvalue weighted by Gasteiger charge is -2.18. The summed E-state index contributed by atoms with van der Waals surface area (Å²) in [6, 6.07) is 9.02. The second-order valence-corrected chi connectivity index (χ2v) is 13.5. The number of fused-ring (bicyclic) bond motifs is 3. The van der Waals surface area contributed by atoms with Gasteiger partial charge >= 0.3 is 0 Å². The van der Waals surface area contributed by atoms with Crippen LogP contribution in [0.2, 0.25) is 0 Å². The number of carbonyl (C=O) groups is 1. The Labute approximate surface area is 228 Å². The first-order valence-corrected chi connectivity index (χ1v) is 14.8. The summed E-state index contributed by atoms with van der Waals surface area (Å²) in [5.74, 6) is 0.0117. The van der Waals surface area contributed by atoms with Gasteiger partial charge in [-0.15, -0.1) is 0 Å². The molecule has 1 amide bonds. The van der Waals surface area contributed by atoms with Crippen LogP contribution in [0.3, 0.4) is 0 Å². The molecule has 0 saturated heterocycles. The molecule has 3 N–H and O–H groups in total. The van der Waals surface area contributed by atoms with E-state index in [9.17, 15) is 17.6 Å². The Morgan fingerprint density at radius 2 is 1.97 bits per heavy atom. The number of hydrogen-bond donors (Lipinski definition) is 3. The number of sulfonamides is 1. The number of pyridine rings is 1. The molecule has 11 heteroatoms. The van der Waals surface area contributed by atoms with Crippen molar-refractivity contribution in [1.82, 2.24) is 25.2 Å². The number of aromatic nitrogens is 3. The van der Waals surface area contributed by atoms with E-state index in [1.165, 1.54) is 13.8 Å². The maximum absolute atomic E-state index is 14.3. The van der Waals surface area contributed by atoms with Crippen LogP contribution in [-0.2, 0) is 22.9 Å². The predicted molar refractivity (Wildman–Crippen MR) is 147 cm³/mol. The molecule has 2 heterocycles. The molecule has 0 spiro atoms. The van der Waals surface area contributed by atoms with Crippen molar-refractivity contribution >= 4 is 53.5 Å². The minimum atomic E-state index is -4.05. The van der Waals surface area contributed by atoms with Gasteiger partial charge in [0.25, 0.3) is 5.91 Å². The number of hydrogen-bond acceptors (Lipinski definition) is 5. The fourth-order valence-electron chi connectivity index (χ4n) is 5.14. The lowest BCUT2D eigenvalue weighted by molar-refractivity contribution is 0.0935. The number of carbonyl (C=O) groups excluding carboxylic acids is 1. The Bertz CT molecular complexity index is 1710. The van der Waals surface area contributed by atoms with Crippen LogP contribution in [0.4, 0.5) is 4.39 Å². The number of aromatic amines is 1. The molecule has 1 saturated carbocycles. The van der Waals surface area contributed by atoms with Gasteiger partial charge < -0.3 is 5.32 Å². The topological polar surface area (TPSA) is 117 Å². The second kappa shape index (κ2) is 9.10. The fraction of sp³-hybridized carbons (Fsp3) is 0.370. The van der Waals surface area contributed by atoms with Crippen molar-refractivity contribution in [2.45, 2.75) is 62.1 Å². The molecule has 4 aromatic rings. The number of benzene rings is 2. The van der Waals surface area contributed by atoms with E-state index in [-0.39, 0.29) is 29.1 Å². The Kier molecular flexibility index (Phi) is 6.08. The molecule has 2 aromatic heterocycles. The summed E-state index contributed by atoms with van der Waals surface area (Å²) in [7, 11) is -4.05. The Morgan fingerprint density at radius 3 is 2.71 bits per heavy atom. The van der Waals surface area contributed by atoms with Gasteiger partial charge in [0.2, 0.25) is 10.0 Å². The molecule has 0 unspecified atom stereocenters. The maximum atomic E-state index is 14.3. The summed E-state index contributed by atoms with van der Waals surface area (Å²) >= 11 is 3.42. The zero-order valence-electron chi connectivity index (χ0n) is 20.9. The highest BCUT2D eigenvalue weighted by molar-refractivity contribution is 9.10. The van der Waals surface area contributed by atoms with E-state index in [2.05, 4.69) is 41.2 Å². The largest absolute Gasteiger partial charge is 0.347 e. The first-order valence-electron chi connectivity index (χ1n) is 12.6. The van der Waals surface area contributed by atoms with Crippen LogP contribution in [0, 0.1) is 0 Å². The van der Waals surface area contributed by atoms with E-state index in [0.29, 0.717) is 40.5 Å². The van der Waals surface area contributed by atoms with Crippen molar-refractivity contribution < 1.29 is 17.6 Å². The normalized spacial score (nSPS) is 17.7. The summed E-state index contributed by atoms with van der Waals surface area (Å²) in [6.45, 7) is 2.33. The summed E-state index contributed by atoms with van der Waals surface area (Å²) in [5, 5.41) is 12.1. The molecule has 6 rings (SSSR count). The van der Waals surface area contributed by atoms with Crippen molar-refractivity contribution in [2.24, 2.45) is 0 Å². The quantitative estimate of drug-likeness (QED) is 0.285. The highest BCUT2D eigenvalue weighted by Crippen LogP contribution is 2.42. The van der Waals surface area contributed by atoms with Crippen molar-refractivity contribution in [3.8, 4) is 0 Å². The fourth-order valence-corrected chi connectivity index (χ4v) is 7.18. The second-order valence-electron chi connectivity index (χ2n) is 10.8. The van der Waals surface area contributed by atoms with Crippen molar-refractivity contribution in [1.29, 1.82) is 0 Å². The number of H-pyrrole nitrogens is 1. The lowest BCUT2D eigenvalue weighted by atomic mass is 10.0. The van der Waals surface area contributed by atoms with E-state index >= 15 is 0 Å². The van der Waals surface area contributed by atoms with E-state index in [0.717, 1.165) is 34.1 Å². The minimum Gasteiger partial charge on any atom is -0.347 e. The van der Waals surface area contributed by atoms with Gasteiger partial charge in [-0.2, -0.15) is 5.10 Å². The minimum absolute atomic E-state index is 0.158. The van der Waals surface area contributed by atoms with Crippen molar-refractivity contribution in [3.05, 3.63) is 63.5 Å². The zero-order chi connectivity index (χ0) is 26.8. The van der Waals surface area contributed by atoms with Crippen LogP contribution in [0.25, 0.3) is 21.7 Å². The smallest absolute Gasteiger partial charge is 0.272 e. The molecular weight excluding hydrogens is 573 g/mol. The zero-order valence-corrected chi connectivity index (χ0v) is 23.3. The van der Waals surface area contributed by atoms with Crippen LogP contribution in [0.5, 0.6) is 0 Å².